The first-order chi connectivity index (χ1) is 9.18. The van der Waals surface area contributed by atoms with Crippen molar-refractivity contribution in [3.05, 3.63) is 47.5 Å². The number of anilines is 1. The van der Waals surface area contributed by atoms with Crippen LogP contribution in [0.4, 0.5) is 5.69 Å². The van der Waals surface area contributed by atoms with Crippen molar-refractivity contribution in [2.24, 2.45) is 0 Å². The number of nitrogens with zero attached hydrogens (tertiary/aromatic N) is 2. The van der Waals surface area contributed by atoms with E-state index in [-0.39, 0.29) is 11.8 Å². The van der Waals surface area contributed by atoms with Crippen LogP contribution in [0.25, 0.3) is 0 Å². The lowest BCUT2D eigenvalue weighted by Gasteiger charge is -2.12. The van der Waals surface area contributed by atoms with Gasteiger partial charge in [-0.1, -0.05) is 6.07 Å². The van der Waals surface area contributed by atoms with Gasteiger partial charge in [-0.25, -0.2) is 4.98 Å². The lowest BCUT2D eigenvalue weighted by atomic mass is 10.1. The monoisotopic (exact) mass is 256 g/mol. The Hall–Kier alpha value is -2.63. The number of imide groups is 1. The zero-order chi connectivity index (χ0) is 13.4. The van der Waals surface area contributed by atoms with E-state index in [1.807, 2.05) is 0 Å². The molecule has 2 amide bonds. The third-order valence-electron chi connectivity index (χ3n) is 3.16. The minimum absolute atomic E-state index is 0.291. The molecule has 0 fully saturated rings. The van der Waals surface area contributed by atoms with Crippen molar-refractivity contribution in [3.63, 3.8) is 0 Å². The summed E-state index contributed by atoms with van der Waals surface area (Å²) in [5, 5.41) is 0. The highest BCUT2D eigenvalue weighted by molar-refractivity contribution is 6.23. The van der Waals surface area contributed by atoms with Gasteiger partial charge in [-0.15, -0.1) is 0 Å². The summed E-state index contributed by atoms with van der Waals surface area (Å²) in [5.41, 5.74) is 6.79. The Bertz CT molecular complexity index is 649. The number of aromatic amines is 1. The first-order valence-corrected chi connectivity index (χ1v) is 5.91. The molecule has 6 nitrogen and oxygen atoms in total. The molecule has 3 N–H and O–H groups in total. The molecule has 0 saturated carbocycles. The molecular weight excluding hydrogens is 244 g/mol. The molecule has 6 heteroatoms. The number of fused-ring (bicyclic) bond motifs is 1. The number of aromatic nitrogens is 2. The van der Waals surface area contributed by atoms with Crippen molar-refractivity contribution in [1.29, 1.82) is 0 Å². The molecule has 2 aromatic rings. The number of nitrogens with one attached hydrogen (secondary N) is 1. The van der Waals surface area contributed by atoms with Crippen LogP contribution in [0.15, 0.2) is 30.6 Å². The first-order valence-electron chi connectivity index (χ1n) is 5.91. The molecule has 1 aliphatic rings. The van der Waals surface area contributed by atoms with Crippen LogP contribution < -0.4 is 5.73 Å². The molecule has 1 aromatic carbocycles. The summed E-state index contributed by atoms with van der Waals surface area (Å²) in [6.45, 7) is 0.291. The lowest BCUT2D eigenvalue weighted by molar-refractivity contribution is 0.0656. The standard InChI is InChI=1S/C13H12N4O2/c14-9-3-1-2-8-11(9)13(19)17(12(8)18)7-4-10-15-5-6-16-10/h1-3,5-6H,4,7,14H2,(H,15,16). The van der Waals surface area contributed by atoms with Crippen LogP contribution in [0.5, 0.6) is 0 Å². The summed E-state index contributed by atoms with van der Waals surface area (Å²) in [7, 11) is 0. The predicted octanol–water partition coefficient (Wildman–Crippen LogP) is 0.831. The van der Waals surface area contributed by atoms with Gasteiger partial charge in [0.05, 0.1) is 11.1 Å². The largest absolute Gasteiger partial charge is 0.398 e. The zero-order valence-corrected chi connectivity index (χ0v) is 10.1. The van der Waals surface area contributed by atoms with Gasteiger partial charge in [-0.05, 0) is 12.1 Å². The molecule has 19 heavy (non-hydrogen) atoms. The normalized spacial score (nSPS) is 14.0. The van der Waals surface area contributed by atoms with Gasteiger partial charge in [0.25, 0.3) is 11.8 Å². The van der Waals surface area contributed by atoms with Crippen molar-refractivity contribution in [2.45, 2.75) is 6.42 Å². The molecule has 3 rings (SSSR count). The average Bonchev–Trinajstić information content (AvgIpc) is 2.98. The fourth-order valence-corrected chi connectivity index (χ4v) is 2.22. The maximum Gasteiger partial charge on any atom is 0.263 e. The number of hydrogen-bond donors (Lipinski definition) is 2. The molecule has 96 valence electrons. The molecule has 0 saturated heterocycles. The number of hydrogen-bond acceptors (Lipinski definition) is 4. The second-order valence-corrected chi connectivity index (χ2v) is 4.32. The molecule has 0 aliphatic carbocycles. The zero-order valence-electron chi connectivity index (χ0n) is 10.1. The average molecular weight is 256 g/mol. The SMILES string of the molecule is Nc1cccc2c1C(=O)N(CCc1ncc[nH]1)C2=O. The summed E-state index contributed by atoms with van der Waals surface area (Å²) in [5.74, 6) is 0.119. The van der Waals surface area contributed by atoms with Gasteiger partial charge in [-0.3, -0.25) is 14.5 Å². The second-order valence-electron chi connectivity index (χ2n) is 4.32. The van der Waals surface area contributed by atoms with E-state index < -0.39 is 0 Å². The fourth-order valence-electron chi connectivity index (χ4n) is 2.22. The summed E-state index contributed by atoms with van der Waals surface area (Å²) < 4.78 is 0. The van der Waals surface area contributed by atoms with Gasteiger partial charge in [-0.2, -0.15) is 0 Å². The third-order valence-corrected chi connectivity index (χ3v) is 3.16. The second kappa shape index (κ2) is 4.24. The molecular formula is C13H12N4O2. The summed E-state index contributed by atoms with van der Waals surface area (Å²) >= 11 is 0. The molecule has 0 bridgehead atoms. The highest BCUT2D eigenvalue weighted by Crippen LogP contribution is 2.27. The van der Waals surface area contributed by atoms with E-state index in [9.17, 15) is 9.59 Å². The number of carbonyl (C=O) groups excluding carboxylic acids is 2. The van der Waals surface area contributed by atoms with Crippen molar-refractivity contribution in [1.82, 2.24) is 14.9 Å². The fraction of sp³-hybridized carbons (Fsp3) is 0.154. The van der Waals surface area contributed by atoms with E-state index in [1.54, 1.807) is 30.6 Å². The summed E-state index contributed by atoms with van der Waals surface area (Å²) in [6, 6.07) is 4.92. The van der Waals surface area contributed by atoms with Gasteiger partial charge in [0.15, 0.2) is 0 Å². The summed E-state index contributed by atoms with van der Waals surface area (Å²) in [6.07, 6.45) is 3.84. The Morgan fingerprint density at radius 2 is 2.11 bits per heavy atom. The predicted molar refractivity (Wildman–Crippen MR) is 68.5 cm³/mol. The number of H-pyrrole nitrogens is 1. The van der Waals surface area contributed by atoms with E-state index in [1.165, 1.54) is 4.90 Å². The Balaban J connectivity index is 1.84. The van der Waals surface area contributed by atoms with Crippen LogP contribution in [0.2, 0.25) is 0 Å². The van der Waals surface area contributed by atoms with Crippen molar-refractivity contribution < 1.29 is 9.59 Å². The Kier molecular flexibility index (Phi) is 2.56. The molecule has 0 unspecified atom stereocenters. The summed E-state index contributed by atoms with van der Waals surface area (Å²) in [4.78, 5) is 32.5. The minimum atomic E-state index is -0.329. The Morgan fingerprint density at radius 3 is 2.79 bits per heavy atom. The van der Waals surface area contributed by atoms with Crippen LogP contribution in [0, 0.1) is 0 Å². The maximum absolute atomic E-state index is 12.2. The topological polar surface area (TPSA) is 92.1 Å². The highest BCUT2D eigenvalue weighted by atomic mass is 16.2. The van der Waals surface area contributed by atoms with Crippen LogP contribution >= 0.6 is 0 Å². The number of rotatable bonds is 3. The van der Waals surface area contributed by atoms with E-state index in [0.29, 0.717) is 29.8 Å². The van der Waals surface area contributed by atoms with E-state index in [4.69, 9.17) is 5.73 Å². The van der Waals surface area contributed by atoms with Crippen LogP contribution in [-0.4, -0.2) is 33.2 Å². The van der Waals surface area contributed by atoms with E-state index in [0.717, 1.165) is 5.82 Å². The highest BCUT2D eigenvalue weighted by Gasteiger charge is 2.36. The van der Waals surface area contributed by atoms with Gasteiger partial charge in [0, 0.05) is 31.0 Å². The van der Waals surface area contributed by atoms with Crippen LogP contribution in [0.1, 0.15) is 26.5 Å². The van der Waals surface area contributed by atoms with Crippen molar-refractivity contribution in [2.75, 3.05) is 12.3 Å². The number of benzene rings is 1. The molecule has 0 atom stereocenters. The van der Waals surface area contributed by atoms with Crippen molar-refractivity contribution >= 4 is 17.5 Å². The number of amides is 2. The molecule has 2 heterocycles. The van der Waals surface area contributed by atoms with E-state index in [2.05, 4.69) is 9.97 Å². The maximum atomic E-state index is 12.2. The lowest BCUT2D eigenvalue weighted by Crippen LogP contribution is -2.32. The molecule has 1 aliphatic heterocycles. The Labute approximate surface area is 109 Å². The molecule has 0 radical (unpaired) electrons. The van der Waals surface area contributed by atoms with Gasteiger partial charge in [0.2, 0.25) is 0 Å². The Morgan fingerprint density at radius 1 is 1.26 bits per heavy atom. The number of imidazole rings is 1. The van der Waals surface area contributed by atoms with Crippen molar-refractivity contribution in [3.8, 4) is 0 Å². The van der Waals surface area contributed by atoms with Crippen LogP contribution in [-0.2, 0) is 6.42 Å². The van der Waals surface area contributed by atoms with E-state index >= 15 is 0 Å². The smallest absolute Gasteiger partial charge is 0.263 e. The first kappa shape index (κ1) is 11.5. The molecule has 1 aromatic heterocycles. The number of nitrogen functional groups attached to an aromatic ring is 1. The molecule has 0 spiro atoms. The number of nitrogens with two attached hydrogens (primary N) is 1. The quantitative estimate of drug-likeness (QED) is 0.628. The van der Waals surface area contributed by atoms with Gasteiger partial charge >= 0.3 is 0 Å². The number of carbonyl (C=O) groups is 2. The van der Waals surface area contributed by atoms with Gasteiger partial charge < -0.3 is 10.7 Å². The van der Waals surface area contributed by atoms with Crippen LogP contribution in [0.3, 0.4) is 0 Å². The van der Waals surface area contributed by atoms with Gasteiger partial charge in [0.1, 0.15) is 5.82 Å². The minimum Gasteiger partial charge on any atom is -0.398 e. The third kappa shape index (κ3) is 1.77.